The smallest absolute Gasteiger partial charge is 0.246 e. The molecule has 2 heterocycles. The van der Waals surface area contributed by atoms with Crippen LogP contribution in [0.1, 0.15) is 6.92 Å². The number of guanidine groups is 1. The number of rotatable bonds is 7. The Morgan fingerprint density at radius 1 is 1.37 bits per heavy atom. The molecule has 0 saturated carbocycles. The molecule has 1 aliphatic heterocycles. The first-order valence-corrected chi connectivity index (χ1v) is 8.63. The summed E-state index contributed by atoms with van der Waals surface area (Å²) in [7, 11) is 3.40. The fourth-order valence-corrected chi connectivity index (χ4v) is 2.60. The maximum atomic E-state index is 12.5. The van der Waals surface area contributed by atoms with Crippen LogP contribution in [-0.2, 0) is 21.4 Å². The van der Waals surface area contributed by atoms with Crippen LogP contribution in [0.15, 0.2) is 17.4 Å². The molecule has 0 atom stereocenters. The quantitative estimate of drug-likeness (QED) is 0.228. The highest BCUT2D eigenvalue weighted by atomic mass is 127. The molecule has 2 rings (SSSR count). The van der Waals surface area contributed by atoms with Gasteiger partial charge in [0.05, 0.1) is 18.5 Å². The molecule has 0 aliphatic carbocycles. The first-order valence-electron chi connectivity index (χ1n) is 8.63. The van der Waals surface area contributed by atoms with E-state index in [-0.39, 0.29) is 48.9 Å². The van der Waals surface area contributed by atoms with Crippen molar-refractivity contribution >= 4 is 47.4 Å². The van der Waals surface area contributed by atoms with E-state index in [0.29, 0.717) is 38.7 Å². The predicted molar refractivity (Wildman–Crippen MR) is 113 cm³/mol. The van der Waals surface area contributed by atoms with Crippen molar-refractivity contribution in [2.24, 2.45) is 12.0 Å². The van der Waals surface area contributed by atoms with Crippen LogP contribution in [0.4, 0.5) is 5.69 Å². The van der Waals surface area contributed by atoms with Crippen molar-refractivity contribution in [2.45, 2.75) is 6.92 Å². The van der Waals surface area contributed by atoms with E-state index in [1.807, 2.05) is 25.1 Å². The number of halogens is 1. The largest absolute Gasteiger partial charge is 0.383 e. The van der Waals surface area contributed by atoms with Gasteiger partial charge in [0.1, 0.15) is 13.1 Å². The Balaban J connectivity index is 0.00000364. The van der Waals surface area contributed by atoms with Crippen LogP contribution in [0.2, 0.25) is 0 Å². The third-order valence-electron chi connectivity index (χ3n) is 3.86. The van der Waals surface area contributed by atoms with Crippen molar-refractivity contribution in [3.8, 4) is 0 Å². The number of carbonyl (C=O) groups is 2. The number of carbonyl (C=O) groups excluding carboxylic acids is 2. The monoisotopic (exact) mass is 493 g/mol. The lowest BCUT2D eigenvalue weighted by Gasteiger charge is -2.35. The van der Waals surface area contributed by atoms with Crippen LogP contribution in [0, 0.1) is 0 Å². The number of aryl methyl sites for hydroxylation is 1. The molecule has 0 bridgehead atoms. The summed E-state index contributed by atoms with van der Waals surface area (Å²) in [4.78, 5) is 32.2. The Morgan fingerprint density at radius 3 is 2.74 bits per heavy atom. The van der Waals surface area contributed by atoms with E-state index in [9.17, 15) is 9.59 Å². The molecule has 11 heteroatoms. The van der Waals surface area contributed by atoms with Gasteiger partial charge in [-0.2, -0.15) is 5.10 Å². The van der Waals surface area contributed by atoms with E-state index in [2.05, 4.69) is 20.7 Å². The van der Waals surface area contributed by atoms with Crippen molar-refractivity contribution in [1.82, 2.24) is 25.3 Å². The zero-order chi connectivity index (χ0) is 18.9. The highest BCUT2D eigenvalue weighted by Gasteiger charge is 2.27. The molecule has 27 heavy (non-hydrogen) atoms. The first kappa shape index (κ1) is 23.1. The molecule has 0 spiro atoms. The van der Waals surface area contributed by atoms with Crippen molar-refractivity contribution < 1.29 is 14.3 Å². The highest BCUT2D eigenvalue weighted by molar-refractivity contribution is 14.0. The third kappa shape index (κ3) is 6.97. The molecule has 0 radical (unpaired) electrons. The topological polar surface area (TPSA) is 104 Å². The van der Waals surface area contributed by atoms with Crippen LogP contribution in [0.5, 0.6) is 0 Å². The maximum Gasteiger partial charge on any atom is 0.246 e. The summed E-state index contributed by atoms with van der Waals surface area (Å²) < 4.78 is 6.56. The number of methoxy groups -OCH3 is 1. The summed E-state index contributed by atoms with van der Waals surface area (Å²) in [6.07, 6.45) is 3.49. The Morgan fingerprint density at radius 2 is 2.15 bits per heavy atom. The Hall–Kier alpha value is -1.89. The number of aliphatic imine (C=N–C) groups is 1. The van der Waals surface area contributed by atoms with Crippen LogP contribution in [-0.4, -0.2) is 85.4 Å². The molecular formula is C16H28IN7O3. The summed E-state index contributed by atoms with van der Waals surface area (Å²) in [5.74, 6) is 0.353. The minimum absolute atomic E-state index is 0. The standard InChI is InChI=1S/C16H27N7O3.HI/c1-4-17-16(19-10-14(24)18-5-8-26-3)22-6-7-23(15(25)12-22)13-9-20-21(2)11-13;/h9,11H,4-8,10,12H2,1-3H3,(H,17,19)(H,18,24);1H. The maximum absolute atomic E-state index is 12.5. The summed E-state index contributed by atoms with van der Waals surface area (Å²) >= 11 is 0. The second kappa shape index (κ2) is 11.7. The summed E-state index contributed by atoms with van der Waals surface area (Å²) in [5.41, 5.74) is 0.789. The molecule has 1 aromatic heterocycles. The highest BCUT2D eigenvalue weighted by Crippen LogP contribution is 2.16. The van der Waals surface area contributed by atoms with E-state index in [0.717, 1.165) is 5.69 Å². The van der Waals surface area contributed by atoms with Gasteiger partial charge < -0.3 is 25.2 Å². The predicted octanol–water partition coefficient (Wildman–Crippen LogP) is -0.585. The number of hydrogen-bond acceptors (Lipinski definition) is 5. The van der Waals surface area contributed by atoms with E-state index in [1.165, 1.54) is 0 Å². The molecular weight excluding hydrogens is 465 g/mol. The first-order chi connectivity index (χ1) is 12.5. The molecule has 1 fully saturated rings. The number of amides is 2. The zero-order valence-corrected chi connectivity index (χ0v) is 18.3. The molecule has 0 unspecified atom stereocenters. The van der Waals surface area contributed by atoms with Gasteiger partial charge in [0.25, 0.3) is 0 Å². The SMILES string of the molecule is CCNC(=NCC(=O)NCCOC)N1CCN(c2cnn(C)c2)C(=O)C1.I. The molecule has 10 nitrogen and oxygen atoms in total. The Labute approximate surface area is 176 Å². The van der Waals surface area contributed by atoms with Crippen molar-refractivity contribution in [2.75, 3.05) is 57.9 Å². The van der Waals surface area contributed by atoms with E-state index in [4.69, 9.17) is 4.74 Å². The number of hydrogen-bond donors (Lipinski definition) is 2. The molecule has 2 N–H and O–H groups in total. The van der Waals surface area contributed by atoms with Crippen molar-refractivity contribution in [3.05, 3.63) is 12.4 Å². The lowest BCUT2D eigenvalue weighted by molar-refractivity contribution is -0.120. The third-order valence-corrected chi connectivity index (χ3v) is 3.86. The van der Waals surface area contributed by atoms with Gasteiger partial charge in [0.2, 0.25) is 11.8 Å². The molecule has 0 aromatic carbocycles. The van der Waals surface area contributed by atoms with E-state index in [1.54, 1.807) is 22.9 Å². The van der Waals surface area contributed by atoms with Crippen LogP contribution >= 0.6 is 24.0 Å². The minimum atomic E-state index is -0.183. The van der Waals surface area contributed by atoms with Crippen molar-refractivity contribution in [3.63, 3.8) is 0 Å². The number of nitrogens with one attached hydrogen (secondary N) is 2. The fraction of sp³-hybridized carbons (Fsp3) is 0.625. The van der Waals surface area contributed by atoms with Gasteiger partial charge in [-0.05, 0) is 6.92 Å². The fourth-order valence-electron chi connectivity index (χ4n) is 2.60. The van der Waals surface area contributed by atoms with Gasteiger partial charge in [0.15, 0.2) is 5.96 Å². The van der Waals surface area contributed by atoms with E-state index < -0.39 is 0 Å². The van der Waals surface area contributed by atoms with Crippen LogP contribution < -0.4 is 15.5 Å². The molecule has 1 aliphatic rings. The lowest BCUT2D eigenvalue weighted by atomic mass is 10.3. The number of anilines is 1. The zero-order valence-electron chi connectivity index (χ0n) is 16.0. The molecule has 2 amide bonds. The van der Waals surface area contributed by atoms with Gasteiger partial charge in [-0.15, -0.1) is 24.0 Å². The Kier molecular flexibility index (Phi) is 10.1. The molecule has 1 aromatic rings. The summed E-state index contributed by atoms with van der Waals surface area (Å²) in [6, 6.07) is 0. The van der Waals surface area contributed by atoms with Gasteiger partial charge in [0, 0.05) is 46.5 Å². The van der Waals surface area contributed by atoms with Gasteiger partial charge in [-0.3, -0.25) is 14.3 Å². The molecule has 152 valence electrons. The molecule has 1 saturated heterocycles. The minimum Gasteiger partial charge on any atom is -0.383 e. The summed E-state index contributed by atoms with van der Waals surface area (Å²) in [6.45, 7) is 4.87. The van der Waals surface area contributed by atoms with Crippen LogP contribution in [0.3, 0.4) is 0 Å². The summed E-state index contributed by atoms with van der Waals surface area (Å²) in [5, 5.41) is 9.97. The lowest BCUT2D eigenvalue weighted by Crippen LogP contribution is -2.55. The number of aromatic nitrogens is 2. The number of piperazine rings is 1. The van der Waals surface area contributed by atoms with Gasteiger partial charge in [-0.25, -0.2) is 4.99 Å². The Bertz CT molecular complexity index is 650. The number of ether oxygens (including phenoxy) is 1. The number of nitrogens with zero attached hydrogens (tertiary/aromatic N) is 5. The average Bonchev–Trinajstić information content (AvgIpc) is 3.05. The average molecular weight is 493 g/mol. The van der Waals surface area contributed by atoms with E-state index >= 15 is 0 Å². The van der Waals surface area contributed by atoms with Gasteiger partial charge >= 0.3 is 0 Å². The van der Waals surface area contributed by atoms with Gasteiger partial charge in [-0.1, -0.05) is 0 Å². The second-order valence-corrected chi connectivity index (χ2v) is 5.85. The normalized spacial score (nSPS) is 14.8. The van der Waals surface area contributed by atoms with Crippen LogP contribution in [0.25, 0.3) is 0 Å². The van der Waals surface area contributed by atoms with Crippen molar-refractivity contribution in [1.29, 1.82) is 0 Å². The second-order valence-electron chi connectivity index (χ2n) is 5.85.